The second-order valence-electron chi connectivity index (χ2n) is 6.48. The van der Waals surface area contributed by atoms with Gasteiger partial charge in [-0.05, 0) is 31.5 Å². The summed E-state index contributed by atoms with van der Waals surface area (Å²) in [5.74, 6) is 0.534. The van der Waals surface area contributed by atoms with Crippen molar-refractivity contribution in [1.29, 1.82) is 0 Å². The Morgan fingerprint density at radius 2 is 2.19 bits per heavy atom. The number of carbonyl (C=O) groups is 1. The highest BCUT2D eigenvalue weighted by atomic mass is 19.1. The van der Waals surface area contributed by atoms with Crippen LogP contribution in [-0.4, -0.2) is 43.9 Å². The average molecular weight is 371 g/mol. The van der Waals surface area contributed by atoms with Gasteiger partial charge in [0.15, 0.2) is 0 Å². The predicted octanol–water partition coefficient (Wildman–Crippen LogP) is 1.20. The predicted molar refractivity (Wildman–Crippen MR) is 94.4 cm³/mol. The Balaban J connectivity index is 1.36. The van der Waals surface area contributed by atoms with Gasteiger partial charge in [0.1, 0.15) is 30.7 Å². The molecule has 1 aliphatic heterocycles. The number of nitrogens with zero attached hydrogens (tertiary/aromatic N) is 3. The molecule has 0 aliphatic carbocycles. The van der Waals surface area contributed by atoms with Crippen molar-refractivity contribution in [2.24, 2.45) is 0 Å². The van der Waals surface area contributed by atoms with Crippen LogP contribution in [0.3, 0.4) is 0 Å². The maximum Gasteiger partial charge on any atom is 0.254 e. The van der Waals surface area contributed by atoms with Gasteiger partial charge in [0.25, 0.3) is 5.56 Å². The molecule has 0 radical (unpaired) electrons. The number of imidazole rings is 1. The third kappa shape index (κ3) is 3.59. The zero-order valence-electron chi connectivity index (χ0n) is 14.7. The maximum atomic E-state index is 13.2. The fraction of sp³-hybridized carbons (Fsp3) is 0.333. The van der Waals surface area contributed by atoms with Gasteiger partial charge >= 0.3 is 0 Å². The summed E-state index contributed by atoms with van der Waals surface area (Å²) in [5.41, 5.74) is 2.36. The molecule has 8 nitrogen and oxygen atoms in total. The van der Waals surface area contributed by atoms with Crippen LogP contribution in [0.1, 0.15) is 22.9 Å². The molecule has 140 valence electrons. The lowest BCUT2D eigenvalue weighted by molar-refractivity contribution is -0.137. The van der Waals surface area contributed by atoms with E-state index in [1.807, 2.05) is 0 Å². The molecule has 27 heavy (non-hydrogen) atoms. The van der Waals surface area contributed by atoms with E-state index in [1.54, 1.807) is 17.9 Å². The summed E-state index contributed by atoms with van der Waals surface area (Å²) >= 11 is 0. The van der Waals surface area contributed by atoms with E-state index < -0.39 is 0 Å². The Hall–Kier alpha value is -3.07. The van der Waals surface area contributed by atoms with E-state index in [9.17, 15) is 14.0 Å². The van der Waals surface area contributed by atoms with Gasteiger partial charge in [-0.2, -0.15) is 0 Å². The topological polar surface area (TPSA) is 104 Å². The molecule has 0 bridgehead atoms. The number of aryl methyl sites for hydroxylation is 1. The molecule has 4 rings (SSSR count). The summed E-state index contributed by atoms with van der Waals surface area (Å²) in [5, 5.41) is 0. The standard InChI is InChI=1S/C18H18FN5O3/c1-10-20-15-7-24(5-4-12(15)18(26)21-10)17(25)9-27-8-16-22-13-3-2-11(19)6-14(13)23-16/h2-3,6H,4-5,7-9H2,1H3,(H,22,23)(H,20,21,26). The Kier molecular flexibility index (Phi) is 4.44. The number of ether oxygens (including phenoxy) is 1. The molecule has 0 unspecified atom stereocenters. The van der Waals surface area contributed by atoms with Crippen molar-refractivity contribution in [3.63, 3.8) is 0 Å². The molecule has 0 saturated carbocycles. The number of aromatic amines is 2. The number of carbonyl (C=O) groups excluding carboxylic acids is 1. The monoisotopic (exact) mass is 371 g/mol. The second-order valence-corrected chi connectivity index (χ2v) is 6.48. The Morgan fingerprint density at radius 1 is 1.33 bits per heavy atom. The van der Waals surface area contributed by atoms with Crippen LogP contribution in [0.5, 0.6) is 0 Å². The third-order valence-corrected chi connectivity index (χ3v) is 4.50. The third-order valence-electron chi connectivity index (χ3n) is 4.50. The fourth-order valence-electron chi connectivity index (χ4n) is 3.21. The molecule has 0 saturated heterocycles. The number of hydrogen-bond donors (Lipinski definition) is 2. The minimum atomic E-state index is -0.346. The van der Waals surface area contributed by atoms with Gasteiger partial charge < -0.3 is 19.6 Å². The number of benzene rings is 1. The molecule has 1 aromatic carbocycles. The van der Waals surface area contributed by atoms with Crippen molar-refractivity contribution in [1.82, 2.24) is 24.8 Å². The molecule has 0 fully saturated rings. The van der Waals surface area contributed by atoms with Crippen LogP contribution in [-0.2, 0) is 29.1 Å². The van der Waals surface area contributed by atoms with Crippen molar-refractivity contribution in [2.45, 2.75) is 26.5 Å². The van der Waals surface area contributed by atoms with Crippen LogP contribution in [0, 0.1) is 12.7 Å². The quantitative estimate of drug-likeness (QED) is 0.717. The number of amides is 1. The average Bonchev–Trinajstić information content (AvgIpc) is 3.02. The van der Waals surface area contributed by atoms with Gasteiger partial charge in [0, 0.05) is 12.1 Å². The molecule has 3 aromatic rings. The van der Waals surface area contributed by atoms with E-state index in [-0.39, 0.29) is 30.5 Å². The van der Waals surface area contributed by atoms with Crippen LogP contribution in [0.2, 0.25) is 0 Å². The first-order valence-corrected chi connectivity index (χ1v) is 8.58. The van der Waals surface area contributed by atoms with E-state index in [4.69, 9.17) is 4.74 Å². The summed E-state index contributed by atoms with van der Waals surface area (Å²) in [6.07, 6.45) is 0.471. The first kappa shape index (κ1) is 17.3. The lowest BCUT2D eigenvalue weighted by atomic mass is 10.1. The van der Waals surface area contributed by atoms with Crippen LogP contribution >= 0.6 is 0 Å². The number of aromatic nitrogens is 4. The Labute approximate surface area is 153 Å². The zero-order chi connectivity index (χ0) is 19.0. The first-order valence-electron chi connectivity index (χ1n) is 8.58. The number of fused-ring (bicyclic) bond motifs is 2. The van der Waals surface area contributed by atoms with Gasteiger partial charge in [-0.25, -0.2) is 14.4 Å². The van der Waals surface area contributed by atoms with E-state index in [2.05, 4.69) is 19.9 Å². The number of nitrogens with one attached hydrogen (secondary N) is 2. The molecule has 9 heteroatoms. The van der Waals surface area contributed by atoms with Gasteiger partial charge in [0.2, 0.25) is 5.91 Å². The lowest BCUT2D eigenvalue weighted by Crippen LogP contribution is -2.41. The van der Waals surface area contributed by atoms with Crippen LogP contribution in [0.25, 0.3) is 11.0 Å². The van der Waals surface area contributed by atoms with Crippen LogP contribution in [0.4, 0.5) is 4.39 Å². The largest absolute Gasteiger partial charge is 0.364 e. The Morgan fingerprint density at radius 3 is 3.04 bits per heavy atom. The van der Waals surface area contributed by atoms with E-state index in [1.165, 1.54) is 12.1 Å². The molecule has 3 heterocycles. The normalized spacial score (nSPS) is 13.8. The highest BCUT2D eigenvalue weighted by Gasteiger charge is 2.24. The summed E-state index contributed by atoms with van der Waals surface area (Å²) in [6, 6.07) is 4.28. The van der Waals surface area contributed by atoms with Gasteiger partial charge in [0.05, 0.1) is 23.3 Å². The van der Waals surface area contributed by atoms with Crippen molar-refractivity contribution in [2.75, 3.05) is 13.2 Å². The molecular formula is C18H18FN5O3. The molecule has 1 aliphatic rings. The zero-order valence-corrected chi connectivity index (χ0v) is 14.7. The van der Waals surface area contributed by atoms with Gasteiger partial charge in [-0.1, -0.05) is 0 Å². The summed E-state index contributed by atoms with van der Waals surface area (Å²) in [7, 11) is 0. The van der Waals surface area contributed by atoms with Crippen molar-refractivity contribution < 1.29 is 13.9 Å². The van der Waals surface area contributed by atoms with E-state index in [0.717, 1.165) is 0 Å². The molecule has 2 N–H and O–H groups in total. The van der Waals surface area contributed by atoms with Gasteiger partial charge in [-0.3, -0.25) is 9.59 Å². The highest BCUT2D eigenvalue weighted by Crippen LogP contribution is 2.15. The van der Waals surface area contributed by atoms with Crippen molar-refractivity contribution in [3.05, 3.63) is 57.3 Å². The summed E-state index contributed by atoms with van der Waals surface area (Å²) in [6.45, 7) is 2.47. The highest BCUT2D eigenvalue weighted by molar-refractivity contribution is 5.77. The SMILES string of the molecule is Cc1nc2c(c(=O)[nH]1)CCN(C(=O)COCc1nc3ccc(F)cc3[nH]1)C2. The second kappa shape index (κ2) is 6.92. The molecule has 2 aromatic heterocycles. The van der Waals surface area contributed by atoms with Crippen molar-refractivity contribution >= 4 is 16.9 Å². The van der Waals surface area contributed by atoms with Crippen LogP contribution < -0.4 is 5.56 Å². The minimum absolute atomic E-state index is 0.108. The Bertz CT molecular complexity index is 1070. The van der Waals surface area contributed by atoms with Gasteiger partial charge in [-0.15, -0.1) is 0 Å². The first-order chi connectivity index (χ1) is 13.0. The number of rotatable bonds is 4. The minimum Gasteiger partial charge on any atom is -0.364 e. The molecule has 0 spiro atoms. The van der Waals surface area contributed by atoms with Crippen molar-refractivity contribution in [3.8, 4) is 0 Å². The summed E-state index contributed by atoms with van der Waals surface area (Å²) in [4.78, 5) is 40.2. The molecule has 1 amide bonds. The molecule has 0 atom stereocenters. The number of hydrogen-bond acceptors (Lipinski definition) is 5. The number of H-pyrrole nitrogens is 2. The lowest BCUT2D eigenvalue weighted by Gasteiger charge is -2.27. The van der Waals surface area contributed by atoms with Crippen LogP contribution in [0.15, 0.2) is 23.0 Å². The fourth-order valence-corrected chi connectivity index (χ4v) is 3.21. The smallest absolute Gasteiger partial charge is 0.254 e. The maximum absolute atomic E-state index is 13.2. The van der Waals surface area contributed by atoms with E-state index in [0.29, 0.717) is 53.4 Å². The molecular weight excluding hydrogens is 353 g/mol. The number of halogens is 1. The van der Waals surface area contributed by atoms with E-state index >= 15 is 0 Å². The summed E-state index contributed by atoms with van der Waals surface area (Å²) < 4.78 is 18.7.